The van der Waals surface area contributed by atoms with Gasteiger partial charge in [0.1, 0.15) is 5.82 Å². The van der Waals surface area contributed by atoms with E-state index < -0.39 is 0 Å². The van der Waals surface area contributed by atoms with Crippen LogP contribution >= 0.6 is 27.3 Å². The molecule has 0 saturated heterocycles. The van der Waals surface area contributed by atoms with E-state index in [1.54, 1.807) is 17.4 Å². The molecule has 0 radical (unpaired) electrons. The molecule has 0 aliphatic heterocycles. The molecule has 2 N–H and O–H groups in total. The standard InChI is InChI=1S/C15H15BrFN3S/c1-2-4-12(14-5-3-6-21-14)20-13-7-9(16)10(17)8-11(13)19-15(20)18/h3,5-8,12H,2,4H2,1H3,(H2,18,19). The lowest BCUT2D eigenvalue weighted by molar-refractivity contribution is 0.560. The van der Waals surface area contributed by atoms with Gasteiger partial charge in [-0.15, -0.1) is 11.3 Å². The molecule has 3 rings (SSSR count). The monoisotopic (exact) mass is 367 g/mol. The lowest BCUT2D eigenvalue weighted by atomic mass is 10.1. The van der Waals surface area contributed by atoms with Crippen molar-refractivity contribution < 1.29 is 4.39 Å². The molecule has 3 aromatic rings. The summed E-state index contributed by atoms with van der Waals surface area (Å²) in [7, 11) is 0. The van der Waals surface area contributed by atoms with Crippen molar-refractivity contribution in [1.82, 2.24) is 9.55 Å². The van der Waals surface area contributed by atoms with Crippen LogP contribution < -0.4 is 5.73 Å². The Balaban J connectivity index is 2.21. The fourth-order valence-electron chi connectivity index (χ4n) is 2.59. The van der Waals surface area contributed by atoms with E-state index in [2.05, 4.69) is 39.3 Å². The second-order valence-electron chi connectivity index (χ2n) is 4.91. The Morgan fingerprint density at radius 1 is 1.48 bits per heavy atom. The molecule has 21 heavy (non-hydrogen) atoms. The molecule has 3 nitrogen and oxygen atoms in total. The molecule has 2 aromatic heterocycles. The number of nitrogens with two attached hydrogens (primary N) is 1. The zero-order chi connectivity index (χ0) is 15.0. The van der Waals surface area contributed by atoms with Gasteiger partial charge in [-0.25, -0.2) is 9.37 Å². The molecule has 110 valence electrons. The summed E-state index contributed by atoms with van der Waals surface area (Å²) in [6.07, 6.45) is 2.00. The van der Waals surface area contributed by atoms with Crippen LogP contribution in [-0.4, -0.2) is 9.55 Å². The van der Waals surface area contributed by atoms with E-state index in [-0.39, 0.29) is 11.9 Å². The van der Waals surface area contributed by atoms with Crippen molar-refractivity contribution in [2.24, 2.45) is 0 Å². The predicted molar refractivity (Wildman–Crippen MR) is 89.2 cm³/mol. The molecule has 2 heterocycles. The highest BCUT2D eigenvalue weighted by Crippen LogP contribution is 2.34. The first-order valence-electron chi connectivity index (χ1n) is 6.77. The number of thiophene rings is 1. The van der Waals surface area contributed by atoms with E-state index in [0.29, 0.717) is 15.9 Å². The summed E-state index contributed by atoms with van der Waals surface area (Å²) in [4.78, 5) is 5.55. The van der Waals surface area contributed by atoms with Gasteiger partial charge in [-0.05, 0) is 39.9 Å². The number of hydrogen-bond donors (Lipinski definition) is 1. The molecule has 0 saturated carbocycles. The van der Waals surface area contributed by atoms with Crippen LogP contribution in [0.5, 0.6) is 0 Å². The second-order valence-corrected chi connectivity index (χ2v) is 6.75. The number of benzene rings is 1. The maximum Gasteiger partial charge on any atom is 0.201 e. The second kappa shape index (κ2) is 5.77. The van der Waals surface area contributed by atoms with Crippen LogP contribution in [0.1, 0.15) is 30.7 Å². The van der Waals surface area contributed by atoms with Gasteiger partial charge in [-0.3, -0.25) is 0 Å². The SMILES string of the molecule is CCCC(c1cccs1)n1c(N)nc2cc(F)c(Br)cc21. The lowest BCUT2D eigenvalue weighted by Crippen LogP contribution is -2.12. The molecule has 0 aliphatic carbocycles. The van der Waals surface area contributed by atoms with Gasteiger partial charge >= 0.3 is 0 Å². The first-order valence-corrected chi connectivity index (χ1v) is 8.45. The molecule has 1 aromatic carbocycles. The molecular formula is C15H15BrFN3S. The van der Waals surface area contributed by atoms with Gasteiger partial charge in [-0.1, -0.05) is 19.4 Å². The third-order valence-electron chi connectivity index (χ3n) is 3.50. The summed E-state index contributed by atoms with van der Waals surface area (Å²) >= 11 is 4.95. The van der Waals surface area contributed by atoms with E-state index in [0.717, 1.165) is 18.4 Å². The maximum atomic E-state index is 13.7. The zero-order valence-corrected chi connectivity index (χ0v) is 13.9. The minimum atomic E-state index is -0.324. The van der Waals surface area contributed by atoms with Gasteiger partial charge in [0.15, 0.2) is 0 Å². The van der Waals surface area contributed by atoms with Crippen molar-refractivity contribution in [3.8, 4) is 0 Å². The Labute approximate surface area is 134 Å². The van der Waals surface area contributed by atoms with Gasteiger partial charge in [0.2, 0.25) is 5.95 Å². The van der Waals surface area contributed by atoms with Gasteiger partial charge in [-0.2, -0.15) is 0 Å². The number of anilines is 1. The molecule has 0 bridgehead atoms. The van der Waals surface area contributed by atoms with Crippen LogP contribution in [0, 0.1) is 5.82 Å². The fraction of sp³-hybridized carbons (Fsp3) is 0.267. The normalized spacial score (nSPS) is 12.9. The summed E-state index contributed by atoms with van der Waals surface area (Å²) in [5.74, 6) is 0.102. The quantitative estimate of drug-likeness (QED) is 0.707. The summed E-state index contributed by atoms with van der Waals surface area (Å²) in [6, 6.07) is 7.45. The Morgan fingerprint density at radius 2 is 2.29 bits per heavy atom. The summed E-state index contributed by atoms with van der Waals surface area (Å²) in [5, 5.41) is 2.06. The van der Waals surface area contributed by atoms with E-state index in [1.807, 2.05) is 10.6 Å². The van der Waals surface area contributed by atoms with Gasteiger partial charge < -0.3 is 10.3 Å². The molecule has 0 amide bonds. The van der Waals surface area contributed by atoms with E-state index >= 15 is 0 Å². The third kappa shape index (κ3) is 2.58. The topological polar surface area (TPSA) is 43.8 Å². The molecular weight excluding hydrogens is 353 g/mol. The van der Waals surface area contributed by atoms with Crippen LogP contribution in [0.3, 0.4) is 0 Å². The van der Waals surface area contributed by atoms with Crippen molar-refractivity contribution in [3.05, 3.63) is 44.8 Å². The molecule has 1 atom stereocenters. The minimum Gasteiger partial charge on any atom is -0.369 e. The molecule has 1 unspecified atom stereocenters. The maximum absolute atomic E-state index is 13.7. The predicted octanol–water partition coefficient (Wildman–Crippen LogP) is 4.97. The Kier molecular flexibility index (Phi) is 3.99. The molecule has 0 aliphatic rings. The summed E-state index contributed by atoms with van der Waals surface area (Å²) in [6.45, 7) is 2.14. The Bertz CT molecular complexity index is 767. The average Bonchev–Trinajstić information content (AvgIpc) is 3.06. The van der Waals surface area contributed by atoms with Crippen LogP contribution in [0.25, 0.3) is 11.0 Å². The van der Waals surface area contributed by atoms with Gasteiger partial charge in [0.25, 0.3) is 0 Å². The van der Waals surface area contributed by atoms with E-state index in [4.69, 9.17) is 5.73 Å². The summed E-state index contributed by atoms with van der Waals surface area (Å²) in [5.41, 5.74) is 7.55. The van der Waals surface area contributed by atoms with Crippen molar-refractivity contribution in [3.63, 3.8) is 0 Å². The lowest BCUT2D eigenvalue weighted by Gasteiger charge is -2.19. The fourth-order valence-corrected chi connectivity index (χ4v) is 3.77. The number of rotatable bonds is 4. The van der Waals surface area contributed by atoms with Crippen LogP contribution in [0.2, 0.25) is 0 Å². The van der Waals surface area contributed by atoms with E-state index in [1.165, 1.54) is 10.9 Å². The van der Waals surface area contributed by atoms with Gasteiger partial charge in [0.05, 0.1) is 21.5 Å². The van der Waals surface area contributed by atoms with Gasteiger partial charge in [0, 0.05) is 10.9 Å². The smallest absolute Gasteiger partial charge is 0.201 e. The first kappa shape index (κ1) is 14.5. The summed E-state index contributed by atoms with van der Waals surface area (Å²) < 4.78 is 16.1. The van der Waals surface area contributed by atoms with E-state index in [9.17, 15) is 4.39 Å². The Morgan fingerprint density at radius 3 is 2.95 bits per heavy atom. The number of nitrogens with zero attached hydrogens (tertiary/aromatic N) is 2. The molecule has 0 spiro atoms. The number of nitrogen functional groups attached to an aromatic ring is 1. The van der Waals surface area contributed by atoms with Crippen molar-refractivity contribution in [2.45, 2.75) is 25.8 Å². The number of imidazole rings is 1. The van der Waals surface area contributed by atoms with Crippen LogP contribution in [0.15, 0.2) is 34.1 Å². The van der Waals surface area contributed by atoms with Crippen LogP contribution in [0.4, 0.5) is 10.3 Å². The highest BCUT2D eigenvalue weighted by atomic mass is 79.9. The van der Waals surface area contributed by atoms with Crippen molar-refractivity contribution in [1.29, 1.82) is 0 Å². The van der Waals surface area contributed by atoms with Crippen LogP contribution in [-0.2, 0) is 0 Å². The third-order valence-corrected chi connectivity index (χ3v) is 5.09. The van der Waals surface area contributed by atoms with Crippen molar-refractivity contribution in [2.75, 3.05) is 5.73 Å². The number of aromatic nitrogens is 2. The van der Waals surface area contributed by atoms with Crippen molar-refractivity contribution >= 4 is 44.2 Å². The average molecular weight is 368 g/mol. The number of halogens is 2. The molecule has 0 fully saturated rings. The minimum absolute atomic E-state index is 0.136. The highest BCUT2D eigenvalue weighted by molar-refractivity contribution is 9.10. The number of hydrogen-bond acceptors (Lipinski definition) is 3. The Hall–Kier alpha value is -1.40. The molecule has 6 heteroatoms. The first-order chi connectivity index (χ1) is 10.1. The largest absolute Gasteiger partial charge is 0.369 e. The zero-order valence-electron chi connectivity index (χ0n) is 11.5. The highest BCUT2D eigenvalue weighted by Gasteiger charge is 2.21. The number of fused-ring (bicyclic) bond motifs is 1.